The normalized spacial score (nSPS) is 19.8. The third-order valence-electron chi connectivity index (χ3n) is 4.80. The number of carbonyl (C=O) groups excluding carboxylic acids is 3. The number of benzene rings is 1. The Morgan fingerprint density at radius 3 is 2.50 bits per heavy atom. The van der Waals surface area contributed by atoms with Crippen molar-refractivity contribution in [1.29, 1.82) is 0 Å². The van der Waals surface area contributed by atoms with Crippen LogP contribution >= 0.6 is 11.3 Å². The van der Waals surface area contributed by atoms with Crippen molar-refractivity contribution in [3.63, 3.8) is 0 Å². The number of hydrogen-bond acceptors (Lipinski definition) is 7. The van der Waals surface area contributed by atoms with Gasteiger partial charge in [0.05, 0.1) is 11.3 Å². The summed E-state index contributed by atoms with van der Waals surface area (Å²) in [6.07, 6.45) is 0.767. The molecule has 1 aromatic carbocycles. The van der Waals surface area contributed by atoms with Gasteiger partial charge in [-0.15, -0.1) is 11.3 Å². The van der Waals surface area contributed by atoms with Crippen molar-refractivity contribution in [1.82, 2.24) is 10.2 Å². The van der Waals surface area contributed by atoms with Crippen molar-refractivity contribution < 1.29 is 19.5 Å². The van der Waals surface area contributed by atoms with E-state index in [9.17, 15) is 19.5 Å². The summed E-state index contributed by atoms with van der Waals surface area (Å²) in [5.74, 6) is -1.61. The Bertz CT molecular complexity index is 895. The van der Waals surface area contributed by atoms with Gasteiger partial charge in [-0.1, -0.05) is 19.1 Å². The summed E-state index contributed by atoms with van der Waals surface area (Å²) < 4.78 is 0. The fourth-order valence-electron chi connectivity index (χ4n) is 3.18. The van der Waals surface area contributed by atoms with Gasteiger partial charge in [0.2, 0.25) is 11.6 Å². The number of para-hydroxylation sites is 1. The van der Waals surface area contributed by atoms with Crippen LogP contribution in [0.5, 0.6) is 5.75 Å². The van der Waals surface area contributed by atoms with Crippen LogP contribution in [-0.2, 0) is 9.59 Å². The number of phenolic OH excluding ortho intramolecular Hbond substituents is 1. The lowest BCUT2D eigenvalue weighted by atomic mass is 9.82. The van der Waals surface area contributed by atoms with E-state index in [2.05, 4.69) is 10.6 Å². The molecule has 3 atom stereocenters. The molecule has 3 N–H and O–H groups in total. The molecule has 0 spiro atoms. The van der Waals surface area contributed by atoms with E-state index >= 15 is 0 Å². The van der Waals surface area contributed by atoms with Gasteiger partial charge in [0, 0.05) is 25.0 Å². The molecule has 148 valence electrons. The van der Waals surface area contributed by atoms with Gasteiger partial charge in [-0.25, -0.2) is 0 Å². The molecule has 1 fully saturated rings. The Balaban J connectivity index is 1.79. The molecular formula is C20H23N3O4S. The van der Waals surface area contributed by atoms with Crippen molar-refractivity contribution >= 4 is 34.5 Å². The number of rotatable bonds is 7. The van der Waals surface area contributed by atoms with Gasteiger partial charge < -0.3 is 15.3 Å². The number of Topliss-reactive ketones (excluding diaryl/α,β-unsaturated/α-hetero) is 2. The van der Waals surface area contributed by atoms with Crippen molar-refractivity contribution in [2.24, 2.45) is 0 Å². The van der Waals surface area contributed by atoms with Crippen LogP contribution in [0.2, 0.25) is 0 Å². The second-order valence-corrected chi connectivity index (χ2v) is 7.85. The van der Waals surface area contributed by atoms with Crippen molar-refractivity contribution in [3.8, 4) is 5.75 Å². The molecule has 0 aliphatic heterocycles. The zero-order valence-corrected chi connectivity index (χ0v) is 16.7. The average molecular weight is 401 g/mol. The monoisotopic (exact) mass is 401 g/mol. The number of anilines is 1. The standard InChI is InChI=1S/C20H23N3O4S/c1-4-12(14-9-6-10-28-14)21-15-16(19(26)18(15)25)22-13-8-5-7-11(17(13)24)20(27)23(2)3/h5-10,12,15-16,21-22,24H,4H2,1-3H3. The van der Waals surface area contributed by atoms with E-state index in [1.807, 2.05) is 24.4 Å². The highest BCUT2D eigenvalue weighted by atomic mass is 32.1. The van der Waals surface area contributed by atoms with E-state index in [0.717, 1.165) is 11.3 Å². The maximum atomic E-state index is 12.2. The molecule has 8 heteroatoms. The number of amides is 1. The minimum absolute atomic E-state index is 0.0402. The van der Waals surface area contributed by atoms with E-state index in [-0.39, 0.29) is 28.9 Å². The predicted molar refractivity (Wildman–Crippen MR) is 108 cm³/mol. The van der Waals surface area contributed by atoms with Crippen molar-refractivity contribution in [3.05, 3.63) is 46.2 Å². The van der Waals surface area contributed by atoms with E-state index in [1.54, 1.807) is 37.6 Å². The first-order valence-corrected chi connectivity index (χ1v) is 9.90. The van der Waals surface area contributed by atoms with Crippen LogP contribution in [-0.4, -0.2) is 53.7 Å². The summed E-state index contributed by atoms with van der Waals surface area (Å²) in [5.41, 5.74) is 0.372. The average Bonchev–Trinajstić information content (AvgIpc) is 3.22. The zero-order valence-electron chi connectivity index (χ0n) is 15.9. The molecule has 7 nitrogen and oxygen atoms in total. The minimum atomic E-state index is -0.794. The van der Waals surface area contributed by atoms with Crippen molar-refractivity contribution in [2.45, 2.75) is 31.5 Å². The largest absolute Gasteiger partial charge is 0.505 e. The van der Waals surface area contributed by atoms with E-state index in [1.165, 1.54) is 11.0 Å². The van der Waals surface area contributed by atoms with E-state index in [0.29, 0.717) is 0 Å². The SMILES string of the molecule is CCC(NC1C(=O)C(=O)C1Nc1cccc(C(=O)N(C)C)c1O)c1cccs1. The molecular weight excluding hydrogens is 378 g/mol. The Labute approximate surface area is 167 Å². The number of nitrogens with one attached hydrogen (secondary N) is 2. The number of thiophene rings is 1. The van der Waals surface area contributed by atoms with Crippen LogP contribution in [0.4, 0.5) is 5.69 Å². The molecule has 1 heterocycles. The van der Waals surface area contributed by atoms with Gasteiger partial charge in [0.15, 0.2) is 5.75 Å². The molecule has 3 rings (SSSR count). The van der Waals surface area contributed by atoms with Gasteiger partial charge >= 0.3 is 0 Å². The number of phenols is 1. The second kappa shape index (κ2) is 8.12. The van der Waals surface area contributed by atoms with Gasteiger partial charge in [0.25, 0.3) is 5.91 Å². The van der Waals surface area contributed by atoms with Gasteiger partial charge in [-0.3, -0.25) is 19.7 Å². The lowest BCUT2D eigenvalue weighted by Gasteiger charge is -2.37. The molecule has 0 radical (unpaired) electrons. The van der Waals surface area contributed by atoms with Gasteiger partial charge in [-0.2, -0.15) is 0 Å². The number of nitrogens with zero attached hydrogens (tertiary/aromatic N) is 1. The summed E-state index contributed by atoms with van der Waals surface area (Å²) >= 11 is 1.59. The Morgan fingerprint density at radius 1 is 1.18 bits per heavy atom. The highest BCUT2D eigenvalue weighted by molar-refractivity contribution is 7.10. The Morgan fingerprint density at radius 2 is 1.89 bits per heavy atom. The van der Waals surface area contributed by atoms with Crippen LogP contribution < -0.4 is 10.6 Å². The fraction of sp³-hybridized carbons (Fsp3) is 0.350. The molecule has 28 heavy (non-hydrogen) atoms. The first kappa shape index (κ1) is 20.0. The highest BCUT2D eigenvalue weighted by Gasteiger charge is 2.50. The lowest BCUT2D eigenvalue weighted by molar-refractivity contribution is -0.145. The summed E-state index contributed by atoms with van der Waals surface area (Å²) in [4.78, 5) is 39.0. The second-order valence-electron chi connectivity index (χ2n) is 6.87. The quantitative estimate of drug-likeness (QED) is 0.486. The smallest absolute Gasteiger partial charge is 0.257 e. The first-order valence-electron chi connectivity index (χ1n) is 9.02. The fourth-order valence-corrected chi connectivity index (χ4v) is 4.05. The van der Waals surface area contributed by atoms with Crippen LogP contribution in [0.25, 0.3) is 0 Å². The number of hydrogen-bond donors (Lipinski definition) is 3. The Kier molecular flexibility index (Phi) is 5.81. The third-order valence-corrected chi connectivity index (χ3v) is 5.79. The molecule has 1 aromatic heterocycles. The maximum Gasteiger partial charge on any atom is 0.257 e. The van der Waals surface area contributed by atoms with Crippen LogP contribution in [0.3, 0.4) is 0 Å². The molecule has 0 bridgehead atoms. The van der Waals surface area contributed by atoms with Gasteiger partial charge in [0.1, 0.15) is 12.1 Å². The minimum Gasteiger partial charge on any atom is -0.505 e. The molecule has 1 aliphatic rings. The molecule has 2 aromatic rings. The number of ketones is 2. The predicted octanol–water partition coefficient (Wildman–Crippen LogP) is 2.20. The summed E-state index contributed by atoms with van der Waals surface area (Å²) in [6, 6.07) is 7.11. The summed E-state index contributed by atoms with van der Waals surface area (Å²) in [6.45, 7) is 2.01. The van der Waals surface area contributed by atoms with Crippen molar-refractivity contribution in [2.75, 3.05) is 19.4 Å². The first-order chi connectivity index (χ1) is 13.3. The summed E-state index contributed by atoms with van der Waals surface area (Å²) in [7, 11) is 3.18. The van der Waals surface area contributed by atoms with Crippen LogP contribution in [0.15, 0.2) is 35.7 Å². The Hall–Kier alpha value is -2.71. The molecule has 3 unspecified atom stereocenters. The third kappa shape index (κ3) is 3.65. The maximum absolute atomic E-state index is 12.2. The van der Waals surface area contributed by atoms with Crippen LogP contribution in [0, 0.1) is 0 Å². The van der Waals surface area contributed by atoms with Gasteiger partial charge in [-0.05, 0) is 30.0 Å². The lowest BCUT2D eigenvalue weighted by Crippen LogP contribution is -2.67. The van der Waals surface area contributed by atoms with Crippen LogP contribution in [0.1, 0.15) is 34.6 Å². The molecule has 1 saturated carbocycles. The topological polar surface area (TPSA) is 98.7 Å². The highest BCUT2D eigenvalue weighted by Crippen LogP contribution is 2.32. The number of aromatic hydroxyl groups is 1. The van der Waals surface area contributed by atoms with E-state index in [4.69, 9.17) is 0 Å². The molecule has 1 amide bonds. The zero-order chi connectivity index (χ0) is 20.4. The van der Waals surface area contributed by atoms with E-state index < -0.39 is 23.7 Å². The molecule has 1 aliphatic carbocycles. The molecule has 0 saturated heterocycles. The number of carbonyl (C=O) groups is 3. The summed E-state index contributed by atoms with van der Waals surface area (Å²) in [5, 5.41) is 18.6.